The van der Waals surface area contributed by atoms with Crippen molar-refractivity contribution in [3.05, 3.63) is 12.2 Å². The van der Waals surface area contributed by atoms with Crippen molar-refractivity contribution in [2.75, 3.05) is 39.4 Å². The van der Waals surface area contributed by atoms with E-state index in [0.29, 0.717) is 19.4 Å². The number of morpholine rings is 1. The Balaban J connectivity index is 1.75. The minimum absolute atomic E-state index is 0.144. The Kier molecular flexibility index (Phi) is 5.55. The number of allylic oxidation sites excluding steroid dienone is 2. The number of aliphatic carboxylic acids is 1. The summed E-state index contributed by atoms with van der Waals surface area (Å²) in [4.78, 5) is 25.5. The van der Waals surface area contributed by atoms with Crippen LogP contribution in [0, 0.1) is 11.8 Å². The van der Waals surface area contributed by atoms with E-state index in [2.05, 4.69) is 10.2 Å². The van der Waals surface area contributed by atoms with E-state index in [1.54, 1.807) is 0 Å². The molecule has 2 N–H and O–H groups in total. The number of carbonyl (C=O) groups excluding carboxylic acids is 1. The van der Waals surface area contributed by atoms with Gasteiger partial charge in [-0.2, -0.15) is 0 Å². The Morgan fingerprint density at radius 2 is 1.85 bits per heavy atom. The van der Waals surface area contributed by atoms with Gasteiger partial charge in [-0.05, 0) is 12.8 Å². The molecular weight excluding hydrogens is 260 g/mol. The van der Waals surface area contributed by atoms with Gasteiger partial charge in [0.2, 0.25) is 5.91 Å². The molecule has 1 aliphatic heterocycles. The summed E-state index contributed by atoms with van der Waals surface area (Å²) in [5.41, 5.74) is 0. The number of amides is 1. The van der Waals surface area contributed by atoms with Crippen LogP contribution >= 0.6 is 0 Å². The lowest BCUT2D eigenvalue weighted by Crippen LogP contribution is -2.44. The molecule has 2 atom stereocenters. The fourth-order valence-electron chi connectivity index (χ4n) is 2.67. The molecule has 1 aliphatic carbocycles. The summed E-state index contributed by atoms with van der Waals surface area (Å²) in [7, 11) is 0. The lowest BCUT2D eigenvalue weighted by Gasteiger charge is -2.28. The summed E-state index contributed by atoms with van der Waals surface area (Å²) >= 11 is 0. The first-order valence-electron chi connectivity index (χ1n) is 7.14. The third-order valence-corrected chi connectivity index (χ3v) is 3.92. The van der Waals surface area contributed by atoms with Crippen molar-refractivity contribution in [1.29, 1.82) is 0 Å². The topological polar surface area (TPSA) is 78.9 Å². The summed E-state index contributed by atoms with van der Waals surface area (Å²) in [5, 5.41) is 12.0. The second-order valence-corrected chi connectivity index (χ2v) is 5.24. The Labute approximate surface area is 118 Å². The molecule has 0 spiro atoms. The van der Waals surface area contributed by atoms with Crippen LogP contribution in [0.5, 0.6) is 0 Å². The highest BCUT2D eigenvalue weighted by atomic mass is 16.5. The van der Waals surface area contributed by atoms with Crippen LogP contribution in [0.4, 0.5) is 0 Å². The summed E-state index contributed by atoms with van der Waals surface area (Å²) in [6.07, 6.45) is 4.69. The van der Waals surface area contributed by atoms with E-state index in [9.17, 15) is 9.59 Å². The average molecular weight is 282 g/mol. The molecule has 6 heteroatoms. The molecule has 0 saturated carbocycles. The third kappa shape index (κ3) is 4.05. The molecule has 0 radical (unpaired) electrons. The van der Waals surface area contributed by atoms with Crippen LogP contribution in [0.2, 0.25) is 0 Å². The van der Waals surface area contributed by atoms with Gasteiger partial charge in [0.25, 0.3) is 0 Å². The highest BCUT2D eigenvalue weighted by molar-refractivity contribution is 5.85. The zero-order chi connectivity index (χ0) is 14.4. The minimum Gasteiger partial charge on any atom is -0.481 e. The molecule has 112 valence electrons. The van der Waals surface area contributed by atoms with Gasteiger partial charge in [-0.25, -0.2) is 0 Å². The summed E-state index contributed by atoms with van der Waals surface area (Å²) < 4.78 is 5.26. The third-order valence-electron chi connectivity index (χ3n) is 3.92. The number of nitrogens with one attached hydrogen (secondary N) is 1. The van der Waals surface area contributed by atoms with Crippen LogP contribution in [0.1, 0.15) is 12.8 Å². The highest BCUT2D eigenvalue weighted by Gasteiger charge is 2.33. The van der Waals surface area contributed by atoms with E-state index in [1.165, 1.54) is 0 Å². The number of carboxylic acids is 1. The van der Waals surface area contributed by atoms with Crippen LogP contribution in [0.25, 0.3) is 0 Å². The largest absolute Gasteiger partial charge is 0.481 e. The Morgan fingerprint density at radius 1 is 1.20 bits per heavy atom. The fourth-order valence-corrected chi connectivity index (χ4v) is 2.67. The van der Waals surface area contributed by atoms with Crippen molar-refractivity contribution < 1.29 is 19.4 Å². The van der Waals surface area contributed by atoms with Gasteiger partial charge in [0.1, 0.15) is 0 Å². The Bertz CT molecular complexity index is 377. The van der Waals surface area contributed by atoms with Gasteiger partial charge >= 0.3 is 5.97 Å². The predicted molar refractivity (Wildman–Crippen MR) is 73.3 cm³/mol. The molecule has 20 heavy (non-hydrogen) atoms. The molecule has 0 aromatic heterocycles. The van der Waals surface area contributed by atoms with Crippen LogP contribution in [0.15, 0.2) is 12.2 Å². The van der Waals surface area contributed by atoms with Crippen molar-refractivity contribution in [2.24, 2.45) is 11.8 Å². The van der Waals surface area contributed by atoms with Crippen LogP contribution in [-0.2, 0) is 14.3 Å². The first-order valence-corrected chi connectivity index (χ1v) is 7.14. The normalized spacial score (nSPS) is 27.2. The van der Waals surface area contributed by atoms with Crippen molar-refractivity contribution in [2.45, 2.75) is 12.8 Å². The maximum absolute atomic E-state index is 12.1. The lowest BCUT2D eigenvalue weighted by atomic mass is 9.82. The quantitative estimate of drug-likeness (QED) is 0.699. The lowest BCUT2D eigenvalue weighted by molar-refractivity contribution is -0.147. The van der Waals surface area contributed by atoms with Crippen LogP contribution in [0.3, 0.4) is 0 Å². The standard InChI is InChI=1S/C14H22N2O4/c17-13(11-3-1-2-4-12(11)14(18)19)15-5-6-16-7-9-20-10-8-16/h1-2,11-12H,3-10H2,(H,15,17)(H,18,19)/t11-,12+/m1/s1. The second-order valence-electron chi connectivity index (χ2n) is 5.24. The number of ether oxygens (including phenoxy) is 1. The molecule has 1 heterocycles. The molecule has 0 unspecified atom stereocenters. The van der Waals surface area contributed by atoms with Gasteiger partial charge in [0.15, 0.2) is 0 Å². The van der Waals surface area contributed by atoms with Crippen LogP contribution < -0.4 is 5.32 Å². The van der Waals surface area contributed by atoms with Gasteiger partial charge in [-0.15, -0.1) is 0 Å². The summed E-state index contributed by atoms with van der Waals surface area (Å²) in [6.45, 7) is 4.60. The SMILES string of the molecule is O=C(O)[C@H]1CC=CC[C@H]1C(=O)NCCN1CCOCC1. The number of carbonyl (C=O) groups is 2. The molecule has 1 saturated heterocycles. The molecular formula is C14H22N2O4. The average Bonchev–Trinajstić information content (AvgIpc) is 2.48. The zero-order valence-electron chi connectivity index (χ0n) is 11.6. The molecule has 1 fully saturated rings. The first-order chi connectivity index (χ1) is 9.68. The van der Waals surface area contributed by atoms with E-state index in [4.69, 9.17) is 9.84 Å². The summed E-state index contributed by atoms with van der Waals surface area (Å²) in [6, 6.07) is 0. The molecule has 0 bridgehead atoms. The molecule has 6 nitrogen and oxygen atoms in total. The van der Waals surface area contributed by atoms with E-state index in [1.807, 2.05) is 12.2 Å². The number of nitrogens with zero attached hydrogens (tertiary/aromatic N) is 1. The number of carboxylic acid groups (broad SMARTS) is 1. The highest BCUT2D eigenvalue weighted by Crippen LogP contribution is 2.25. The molecule has 0 aromatic rings. The summed E-state index contributed by atoms with van der Waals surface area (Å²) in [5.74, 6) is -2.07. The van der Waals surface area contributed by atoms with Crippen molar-refractivity contribution >= 4 is 11.9 Å². The van der Waals surface area contributed by atoms with Gasteiger partial charge < -0.3 is 15.2 Å². The Hall–Kier alpha value is -1.40. The van der Waals surface area contributed by atoms with Gasteiger partial charge in [0, 0.05) is 26.2 Å². The first kappa shape index (κ1) is 15.0. The second kappa shape index (κ2) is 7.40. The maximum Gasteiger partial charge on any atom is 0.307 e. The van der Waals surface area contributed by atoms with Gasteiger partial charge in [-0.3, -0.25) is 14.5 Å². The fraction of sp³-hybridized carbons (Fsp3) is 0.714. The minimum atomic E-state index is -0.886. The van der Waals surface area contributed by atoms with Crippen molar-refractivity contribution in [3.8, 4) is 0 Å². The number of hydrogen-bond acceptors (Lipinski definition) is 4. The molecule has 2 rings (SSSR count). The maximum atomic E-state index is 12.1. The molecule has 2 aliphatic rings. The van der Waals surface area contributed by atoms with Gasteiger partial charge in [-0.1, -0.05) is 12.2 Å². The van der Waals surface area contributed by atoms with Crippen LogP contribution in [-0.4, -0.2) is 61.3 Å². The Morgan fingerprint density at radius 3 is 2.50 bits per heavy atom. The smallest absolute Gasteiger partial charge is 0.307 e. The van der Waals surface area contributed by atoms with Crippen molar-refractivity contribution in [3.63, 3.8) is 0 Å². The van der Waals surface area contributed by atoms with Crippen molar-refractivity contribution in [1.82, 2.24) is 10.2 Å². The monoisotopic (exact) mass is 282 g/mol. The number of rotatable bonds is 5. The van der Waals surface area contributed by atoms with E-state index in [-0.39, 0.29) is 5.91 Å². The zero-order valence-corrected chi connectivity index (χ0v) is 11.6. The van der Waals surface area contributed by atoms with E-state index >= 15 is 0 Å². The van der Waals surface area contributed by atoms with Gasteiger partial charge in [0.05, 0.1) is 25.0 Å². The van der Waals surface area contributed by atoms with E-state index < -0.39 is 17.8 Å². The molecule has 1 amide bonds. The predicted octanol–water partition coefficient (Wildman–Crippen LogP) is 0.102. The van der Waals surface area contributed by atoms with E-state index in [0.717, 1.165) is 32.8 Å². The number of hydrogen-bond donors (Lipinski definition) is 2. The molecule has 0 aromatic carbocycles.